The molecule has 7 nitrogen and oxygen atoms in total. The number of nitriles is 1. The molecule has 0 amide bonds. The monoisotopic (exact) mass is 424 g/mol. The van der Waals surface area contributed by atoms with E-state index in [2.05, 4.69) is 18.2 Å². The van der Waals surface area contributed by atoms with Gasteiger partial charge in [0.25, 0.3) is 0 Å². The van der Waals surface area contributed by atoms with Crippen molar-refractivity contribution in [2.75, 3.05) is 20.3 Å². The number of carboxylic acid groups (broad SMARTS) is 1. The first-order valence-electron chi connectivity index (χ1n) is 10.4. The van der Waals surface area contributed by atoms with Crippen LogP contribution in [0.5, 0.6) is 5.75 Å². The highest BCUT2D eigenvalue weighted by molar-refractivity contribution is 5.89. The van der Waals surface area contributed by atoms with Gasteiger partial charge in [-0.3, -0.25) is 4.79 Å². The second-order valence-corrected chi connectivity index (χ2v) is 7.91. The maximum Gasteiger partial charge on any atom is 0.305 e. The second kappa shape index (κ2) is 10.8. The third-order valence-corrected chi connectivity index (χ3v) is 5.40. The van der Waals surface area contributed by atoms with E-state index in [9.17, 15) is 4.79 Å². The number of oxime groups is 1. The second-order valence-electron chi connectivity index (χ2n) is 7.91. The minimum atomic E-state index is -0.992. The van der Waals surface area contributed by atoms with E-state index >= 15 is 0 Å². The SMILES string of the molecule is CO/N=C(\COC1C=CC(COc2ccc(C(C#N)CC(=O)O)cc2)=CC1C)C1CC1. The summed E-state index contributed by atoms with van der Waals surface area (Å²) in [5.41, 5.74) is 2.71. The van der Waals surface area contributed by atoms with Gasteiger partial charge in [-0.25, -0.2) is 0 Å². The molecule has 1 aromatic rings. The molecule has 0 bridgehead atoms. The number of aliphatic carboxylic acids is 1. The topological polar surface area (TPSA) is 101 Å². The summed E-state index contributed by atoms with van der Waals surface area (Å²) in [5.74, 6) is -0.277. The molecule has 31 heavy (non-hydrogen) atoms. The lowest BCUT2D eigenvalue weighted by atomic mass is 9.95. The summed E-state index contributed by atoms with van der Waals surface area (Å²) in [6.07, 6.45) is 8.29. The maximum atomic E-state index is 10.9. The van der Waals surface area contributed by atoms with Crippen molar-refractivity contribution in [3.63, 3.8) is 0 Å². The Balaban J connectivity index is 1.48. The smallest absolute Gasteiger partial charge is 0.305 e. The molecule has 7 heteroatoms. The number of benzene rings is 1. The number of hydrogen-bond donors (Lipinski definition) is 1. The van der Waals surface area contributed by atoms with Crippen LogP contribution in [0.15, 0.2) is 53.2 Å². The molecule has 3 atom stereocenters. The third kappa shape index (κ3) is 6.69. The summed E-state index contributed by atoms with van der Waals surface area (Å²) in [4.78, 5) is 15.8. The van der Waals surface area contributed by atoms with E-state index in [-0.39, 0.29) is 18.4 Å². The van der Waals surface area contributed by atoms with Crippen LogP contribution < -0.4 is 4.74 Å². The van der Waals surface area contributed by atoms with Crippen LogP contribution in [0.4, 0.5) is 0 Å². The van der Waals surface area contributed by atoms with Crippen molar-refractivity contribution in [3.8, 4) is 11.8 Å². The molecule has 0 aromatic heterocycles. The van der Waals surface area contributed by atoms with Crippen LogP contribution in [0.1, 0.15) is 37.7 Å². The fourth-order valence-corrected chi connectivity index (χ4v) is 3.50. The molecule has 0 aliphatic heterocycles. The molecule has 0 radical (unpaired) electrons. The molecule has 3 unspecified atom stereocenters. The van der Waals surface area contributed by atoms with E-state index in [0.29, 0.717) is 30.4 Å². The normalized spacial score (nSPS) is 21.7. The predicted octanol–water partition coefficient (Wildman–Crippen LogP) is 4.08. The van der Waals surface area contributed by atoms with Crippen LogP contribution in [0, 0.1) is 23.2 Å². The van der Waals surface area contributed by atoms with Gasteiger partial charge >= 0.3 is 5.97 Å². The summed E-state index contributed by atoms with van der Waals surface area (Å²) in [6, 6.07) is 9.03. The molecular weight excluding hydrogens is 396 g/mol. The summed E-state index contributed by atoms with van der Waals surface area (Å²) < 4.78 is 11.9. The van der Waals surface area contributed by atoms with Crippen LogP contribution in [-0.4, -0.2) is 43.2 Å². The number of ether oxygens (including phenoxy) is 2. The van der Waals surface area contributed by atoms with E-state index in [4.69, 9.17) is 24.7 Å². The first kappa shape index (κ1) is 22.6. The average molecular weight is 424 g/mol. The van der Waals surface area contributed by atoms with Crippen molar-refractivity contribution >= 4 is 11.7 Å². The minimum Gasteiger partial charge on any atom is -0.489 e. The Labute approximate surface area is 182 Å². The van der Waals surface area contributed by atoms with Gasteiger partial charge in [0.15, 0.2) is 0 Å². The molecule has 2 aliphatic carbocycles. The van der Waals surface area contributed by atoms with Crippen LogP contribution in [-0.2, 0) is 14.4 Å². The Bertz CT molecular complexity index is 894. The highest BCUT2D eigenvalue weighted by atomic mass is 16.6. The highest BCUT2D eigenvalue weighted by Gasteiger charge is 2.29. The zero-order chi connectivity index (χ0) is 22.2. The number of carboxylic acids is 1. The molecule has 1 fully saturated rings. The lowest BCUT2D eigenvalue weighted by Gasteiger charge is -2.24. The van der Waals surface area contributed by atoms with Crippen molar-refractivity contribution in [2.45, 2.75) is 38.2 Å². The van der Waals surface area contributed by atoms with Crippen LogP contribution >= 0.6 is 0 Å². The van der Waals surface area contributed by atoms with Crippen molar-refractivity contribution in [3.05, 3.63) is 53.6 Å². The predicted molar refractivity (Wildman–Crippen MR) is 116 cm³/mol. The van der Waals surface area contributed by atoms with Gasteiger partial charge in [-0.15, -0.1) is 0 Å². The third-order valence-electron chi connectivity index (χ3n) is 5.40. The number of nitrogens with zero attached hydrogens (tertiary/aromatic N) is 2. The Kier molecular flexibility index (Phi) is 7.85. The largest absolute Gasteiger partial charge is 0.489 e. The molecule has 164 valence electrons. The van der Waals surface area contributed by atoms with Crippen molar-refractivity contribution < 1.29 is 24.2 Å². The molecule has 1 N–H and O–H groups in total. The average Bonchev–Trinajstić information content (AvgIpc) is 3.60. The van der Waals surface area contributed by atoms with E-state index in [1.165, 1.54) is 0 Å². The summed E-state index contributed by atoms with van der Waals surface area (Å²) in [6.45, 7) is 3.01. The van der Waals surface area contributed by atoms with E-state index < -0.39 is 11.9 Å². The van der Waals surface area contributed by atoms with Crippen molar-refractivity contribution in [2.24, 2.45) is 17.0 Å². The quantitative estimate of drug-likeness (QED) is 0.424. The Morgan fingerprint density at radius 3 is 2.65 bits per heavy atom. The van der Waals surface area contributed by atoms with Crippen LogP contribution in [0.25, 0.3) is 0 Å². The van der Waals surface area contributed by atoms with E-state index in [1.807, 2.05) is 18.2 Å². The summed E-state index contributed by atoms with van der Waals surface area (Å²) in [7, 11) is 1.56. The van der Waals surface area contributed by atoms with Gasteiger partial charge in [-0.2, -0.15) is 5.26 Å². The summed E-state index contributed by atoms with van der Waals surface area (Å²) in [5, 5.41) is 22.2. The molecular formula is C24H28N2O5. The number of rotatable bonds is 11. The first-order chi connectivity index (χ1) is 15.0. The van der Waals surface area contributed by atoms with Gasteiger partial charge in [0.1, 0.15) is 19.5 Å². The summed E-state index contributed by atoms with van der Waals surface area (Å²) >= 11 is 0. The van der Waals surface area contributed by atoms with Crippen LogP contribution in [0.3, 0.4) is 0 Å². The fourth-order valence-electron chi connectivity index (χ4n) is 3.50. The number of hydrogen-bond acceptors (Lipinski definition) is 6. The van der Waals surface area contributed by atoms with Gasteiger partial charge in [0, 0.05) is 11.8 Å². The lowest BCUT2D eigenvalue weighted by molar-refractivity contribution is -0.137. The molecule has 0 saturated heterocycles. The van der Waals surface area contributed by atoms with E-state index in [1.54, 1.807) is 31.4 Å². The standard InChI is InChI=1S/C24H28N2O5/c1-16-11-17(3-10-23(16)31-15-22(26-29-2)19-4-5-19)14-30-21-8-6-18(7-9-21)20(13-25)12-24(27)28/h3,6-11,16,19-20,23H,4-5,12,14-15H2,1-2H3,(H,27,28)/b26-22+. The lowest BCUT2D eigenvalue weighted by Crippen LogP contribution is -2.25. The van der Waals surface area contributed by atoms with E-state index in [0.717, 1.165) is 24.1 Å². The van der Waals surface area contributed by atoms with Crippen molar-refractivity contribution in [1.82, 2.24) is 0 Å². The molecule has 1 aromatic carbocycles. The minimum absolute atomic E-state index is 0.0130. The molecule has 1 saturated carbocycles. The van der Waals surface area contributed by atoms with Gasteiger partial charge in [0.05, 0.1) is 36.8 Å². The molecule has 2 aliphatic rings. The Morgan fingerprint density at radius 1 is 1.32 bits per heavy atom. The number of carbonyl (C=O) groups is 1. The van der Waals surface area contributed by atoms with Gasteiger partial charge < -0.3 is 19.4 Å². The molecule has 0 heterocycles. The highest BCUT2D eigenvalue weighted by Crippen LogP contribution is 2.31. The molecule has 0 spiro atoms. The molecule has 3 rings (SSSR count). The van der Waals surface area contributed by atoms with Gasteiger partial charge in [-0.05, 0) is 36.1 Å². The van der Waals surface area contributed by atoms with Gasteiger partial charge in [-0.1, -0.05) is 42.4 Å². The Hall–Kier alpha value is -3.11. The maximum absolute atomic E-state index is 10.9. The van der Waals surface area contributed by atoms with Crippen LogP contribution in [0.2, 0.25) is 0 Å². The zero-order valence-corrected chi connectivity index (χ0v) is 17.9. The fraction of sp³-hybridized carbons (Fsp3) is 0.458. The Morgan fingerprint density at radius 2 is 2.06 bits per heavy atom. The zero-order valence-electron chi connectivity index (χ0n) is 17.9. The van der Waals surface area contributed by atoms with Crippen molar-refractivity contribution in [1.29, 1.82) is 5.26 Å². The first-order valence-corrected chi connectivity index (χ1v) is 10.4. The van der Waals surface area contributed by atoms with Gasteiger partial charge in [0.2, 0.25) is 0 Å².